The van der Waals surface area contributed by atoms with Crippen LogP contribution in [0.1, 0.15) is 38.2 Å². The Hall–Kier alpha value is -1.39. The molecule has 1 aliphatic carbocycles. The van der Waals surface area contributed by atoms with Crippen molar-refractivity contribution < 1.29 is 9.53 Å². The number of nitrogens with one attached hydrogen (secondary N) is 2. The summed E-state index contributed by atoms with van der Waals surface area (Å²) in [5, 5.41) is 6.44. The van der Waals surface area contributed by atoms with Gasteiger partial charge in [0, 0.05) is 18.5 Å². The minimum Gasteiger partial charge on any atom is -0.375 e. The lowest BCUT2D eigenvalue weighted by Gasteiger charge is -2.33. The number of morpholine rings is 1. The van der Waals surface area contributed by atoms with E-state index in [4.69, 9.17) is 4.74 Å². The van der Waals surface area contributed by atoms with Gasteiger partial charge in [-0.05, 0) is 25.3 Å². The molecule has 2 atom stereocenters. The summed E-state index contributed by atoms with van der Waals surface area (Å²) in [5.41, 5.74) is 1.46. The van der Waals surface area contributed by atoms with Crippen molar-refractivity contribution in [3.8, 4) is 0 Å². The van der Waals surface area contributed by atoms with Gasteiger partial charge in [0.1, 0.15) is 6.04 Å². The normalized spacial score (nSPS) is 27.5. The van der Waals surface area contributed by atoms with Crippen molar-refractivity contribution in [2.24, 2.45) is 0 Å². The third-order valence-corrected chi connectivity index (χ3v) is 5.15. The highest BCUT2D eigenvalue weighted by Crippen LogP contribution is 2.40. The highest BCUT2D eigenvalue weighted by atomic mass is 16.5. The van der Waals surface area contributed by atoms with E-state index in [0.29, 0.717) is 6.61 Å². The summed E-state index contributed by atoms with van der Waals surface area (Å²) < 4.78 is 5.57. The first-order chi connectivity index (χ1) is 10.7. The molecule has 0 bridgehead atoms. The fourth-order valence-electron chi connectivity index (χ4n) is 3.80. The molecular weight excluding hydrogens is 276 g/mol. The molecule has 2 N–H and O–H groups in total. The molecule has 1 aromatic rings. The fourth-order valence-corrected chi connectivity index (χ4v) is 3.80. The molecule has 0 unspecified atom stereocenters. The van der Waals surface area contributed by atoms with E-state index < -0.39 is 0 Å². The van der Waals surface area contributed by atoms with Crippen molar-refractivity contribution in [3.63, 3.8) is 0 Å². The van der Waals surface area contributed by atoms with Crippen LogP contribution in [0.25, 0.3) is 0 Å². The zero-order valence-electron chi connectivity index (χ0n) is 13.3. The predicted molar refractivity (Wildman–Crippen MR) is 86.8 cm³/mol. The standard InChI is InChI=1S/C18H26N2O2/c1-14-16(19-11-12-22-14)17(21)20-13-18(9-5-6-10-18)15-7-3-2-4-8-15/h2-4,7-8,14,16,19H,5-6,9-13H2,1H3,(H,20,21)/t14-,16+/m1/s1. The van der Waals surface area contributed by atoms with Gasteiger partial charge in [0.05, 0.1) is 12.7 Å². The highest BCUT2D eigenvalue weighted by molar-refractivity contribution is 5.82. The van der Waals surface area contributed by atoms with Crippen LogP contribution in [0.5, 0.6) is 0 Å². The SMILES string of the molecule is C[C@H]1OCCN[C@@H]1C(=O)NCC1(c2ccccc2)CCCC1. The van der Waals surface area contributed by atoms with Crippen LogP contribution in [-0.2, 0) is 14.9 Å². The Balaban J connectivity index is 1.66. The van der Waals surface area contributed by atoms with Gasteiger partial charge < -0.3 is 15.4 Å². The lowest BCUT2D eigenvalue weighted by Crippen LogP contribution is -2.56. The largest absolute Gasteiger partial charge is 0.375 e. The first-order valence-corrected chi connectivity index (χ1v) is 8.39. The number of hydrogen-bond acceptors (Lipinski definition) is 3. The third kappa shape index (κ3) is 3.18. The van der Waals surface area contributed by atoms with Crippen LogP contribution in [0.4, 0.5) is 0 Å². The van der Waals surface area contributed by atoms with Crippen LogP contribution in [0.2, 0.25) is 0 Å². The average Bonchev–Trinajstić information content (AvgIpc) is 3.04. The molecule has 120 valence electrons. The van der Waals surface area contributed by atoms with Gasteiger partial charge in [-0.25, -0.2) is 0 Å². The van der Waals surface area contributed by atoms with E-state index in [0.717, 1.165) is 25.9 Å². The quantitative estimate of drug-likeness (QED) is 0.894. The molecule has 0 radical (unpaired) electrons. The predicted octanol–water partition coefficient (Wildman–Crippen LogP) is 1.99. The molecule has 2 aliphatic rings. The number of ether oxygens (including phenoxy) is 1. The van der Waals surface area contributed by atoms with Crippen molar-refractivity contribution in [3.05, 3.63) is 35.9 Å². The van der Waals surface area contributed by atoms with Gasteiger partial charge in [0.2, 0.25) is 5.91 Å². The van der Waals surface area contributed by atoms with Crippen LogP contribution in [0, 0.1) is 0 Å². The number of benzene rings is 1. The average molecular weight is 302 g/mol. The first kappa shape index (κ1) is 15.5. The van der Waals surface area contributed by atoms with Crippen LogP contribution in [0.15, 0.2) is 30.3 Å². The highest BCUT2D eigenvalue weighted by Gasteiger charge is 2.37. The molecule has 1 heterocycles. The molecular formula is C18H26N2O2. The van der Waals surface area contributed by atoms with E-state index in [2.05, 4.69) is 41.0 Å². The number of carbonyl (C=O) groups excluding carboxylic acids is 1. The van der Waals surface area contributed by atoms with Crippen LogP contribution < -0.4 is 10.6 Å². The van der Waals surface area contributed by atoms with Crippen molar-refractivity contribution in [1.29, 1.82) is 0 Å². The monoisotopic (exact) mass is 302 g/mol. The lowest BCUT2D eigenvalue weighted by atomic mass is 9.79. The molecule has 22 heavy (non-hydrogen) atoms. The molecule has 3 rings (SSSR count). The smallest absolute Gasteiger partial charge is 0.239 e. The molecule has 1 aromatic carbocycles. The van der Waals surface area contributed by atoms with E-state index in [1.807, 2.05) is 6.92 Å². The molecule has 0 spiro atoms. The second-order valence-corrected chi connectivity index (χ2v) is 6.58. The molecule has 4 nitrogen and oxygen atoms in total. The van der Waals surface area contributed by atoms with Crippen LogP contribution in [0.3, 0.4) is 0 Å². The Labute approximate surface area is 132 Å². The molecule has 1 saturated carbocycles. The van der Waals surface area contributed by atoms with Crippen molar-refractivity contribution in [2.75, 3.05) is 19.7 Å². The molecule has 1 amide bonds. The zero-order valence-corrected chi connectivity index (χ0v) is 13.3. The van der Waals surface area contributed by atoms with E-state index >= 15 is 0 Å². The van der Waals surface area contributed by atoms with Gasteiger partial charge in [-0.3, -0.25) is 4.79 Å². The van der Waals surface area contributed by atoms with Crippen molar-refractivity contribution >= 4 is 5.91 Å². The first-order valence-electron chi connectivity index (χ1n) is 8.39. The zero-order chi connectivity index (χ0) is 15.4. The van der Waals surface area contributed by atoms with Crippen LogP contribution >= 0.6 is 0 Å². The summed E-state index contributed by atoms with van der Waals surface area (Å²) in [6, 6.07) is 10.4. The van der Waals surface area contributed by atoms with E-state index in [-0.39, 0.29) is 23.5 Å². The summed E-state index contributed by atoms with van der Waals surface area (Å²) in [7, 11) is 0. The summed E-state index contributed by atoms with van der Waals surface area (Å²) in [6.07, 6.45) is 4.73. The Kier molecular flexibility index (Phi) is 4.79. The second kappa shape index (κ2) is 6.80. The number of amides is 1. The molecule has 4 heteroatoms. The minimum absolute atomic E-state index is 0.0643. The van der Waals surface area contributed by atoms with Gasteiger partial charge in [-0.1, -0.05) is 43.2 Å². The van der Waals surface area contributed by atoms with Crippen molar-refractivity contribution in [1.82, 2.24) is 10.6 Å². The van der Waals surface area contributed by atoms with Crippen molar-refractivity contribution in [2.45, 2.75) is 50.2 Å². The summed E-state index contributed by atoms with van der Waals surface area (Å²) in [6.45, 7) is 4.10. The maximum Gasteiger partial charge on any atom is 0.239 e. The van der Waals surface area contributed by atoms with Gasteiger partial charge >= 0.3 is 0 Å². The third-order valence-electron chi connectivity index (χ3n) is 5.15. The Morgan fingerprint density at radius 2 is 2.05 bits per heavy atom. The van der Waals surface area contributed by atoms with E-state index in [1.54, 1.807) is 0 Å². The van der Waals surface area contributed by atoms with E-state index in [1.165, 1.54) is 18.4 Å². The molecule has 0 aromatic heterocycles. The Morgan fingerprint density at radius 1 is 1.32 bits per heavy atom. The minimum atomic E-state index is -0.233. The second-order valence-electron chi connectivity index (χ2n) is 6.58. The Morgan fingerprint density at radius 3 is 2.73 bits per heavy atom. The van der Waals surface area contributed by atoms with Gasteiger partial charge in [0.15, 0.2) is 0 Å². The maximum atomic E-state index is 12.5. The van der Waals surface area contributed by atoms with Gasteiger partial charge in [-0.15, -0.1) is 0 Å². The molecule has 2 fully saturated rings. The van der Waals surface area contributed by atoms with Gasteiger partial charge in [-0.2, -0.15) is 0 Å². The van der Waals surface area contributed by atoms with Gasteiger partial charge in [0.25, 0.3) is 0 Å². The molecule has 1 saturated heterocycles. The summed E-state index contributed by atoms with van der Waals surface area (Å²) in [4.78, 5) is 12.5. The lowest BCUT2D eigenvalue weighted by molar-refractivity contribution is -0.129. The maximum absolute atomic E-state index is 12.5. The fraction of sp³-hybridized carbons (Fsp3) is 0.611. The Bertz CT molecular complexity index is 497. The molecule has 1 aliphatic heterocycles. The summed E-state index contributed by atoms with van der Waals surface area (Å²) in [5.74, 6) is 0.0643. The topological polar surface area (TPSA) is 50.4 Å². The summed E-state index contributed by atoms with van der Waals surface area (Å²) >= 11 is 0. The van der Waals surface area contributed by atoms with Crippen LogP contribution in [-0.4, -0.2) is 37.7 Å². The van der Waals surface area contributed by atoms with E-state index in [9.17, 15) is 4.79 Å². The number of hydrogen-bond donors (Lipinski definition) is 2. The number of rotatable bonds is 4. The number of carbonyl (C=O) groups is 1.